The van der Waals surface area contributed by atoms with Crippen LogP contribution in [0, 0.1) is 20.8 Å². The van der Waals surface area contributed by atoms with E-state index in [1.54, 1.807) is 19.1 Å². The van der Waals surface area contributed by atoms with Gasteiger partial charge >= 0.3 is 0 Å². The van der Waals surface area contributed by atoms with E-state index in [1.807, 2.05) is 51.1 Å². The van der Waals surface area contributed by atoms with Crippen LogP contribution in [0.2, 0.25) is 0 Å². The van der Waals surface area contributed by atoms with Crippen molar-refractivity contribution in [3.63, 3.8) is 0 Å². The Morgan fingerprint density at radius 2 is 1.63 bits per heavy atom. The predicted octanol–water partition coefficient (Wildman–Crippen LogP) is 3.85. The van der Waals surface area contributed by atoms with Gasteiger partial charge in [-0.15, -0.1) is 0 Å². The molecule has 7 nitrogen and oxygen atoms in total. The molecule has 0 aromatic heterocycles. The SMILES string of the molecule is Cc1ccc(CN(C(=O)CN(c2ccc(C)c(C)c2)S(C)(=O)=O)[C@H](C)C(=O)NC2CCCC2)cc1. The number of nitrogens with zero attached hydrogens (tertiary/aromatic N) is 2. The molecule has 1 N–H and O–H groups in total. The molecule has 1 atom stereocenters. The number of hydrogen-bond acceptors (Lipinski definition) is 4. The zero-order valence-electron chi connectivity index (χ0n) is 21.4. The number of carbonyl (C=O) groups is 2. The Hall–Kier alpha value is -2.87. The number of benzene rings is 2. The first-order chi connectivity index (χ1) is 16.5. The van der Waals surface area contributed by atoms with Crippen LogP contribution in [0.15, 0.2) is 42.5 Å². The Labute approximate surface area is 209 Å². The molecule has 1 fully saturated rings. The van der Waals surface area contributed by atoms with Gasteiger partial charge in [0.25, 0.3) is 0 Å². The number of hydrogen-bond donors (Lipinski definition) is 1. The lowest BCUT2D eigenvalue weighted by Gasteiger charge is -2.32. The standard InChI is InChI=1S/C27H37N3O4S/c1-19-10-13-23(14-11-19)17-29(22(4)27(32)28-24-8-6-7-9-24)26(31)18-30(35(5,33)34)25-15-12-20(2)21(3)16-25/h10-16,22,24H,6-9,17-18H2,1-5H3,(H,28,32)/t22-/m1/s1. The molecule has 3 rings (SSSR count). The monoisotopic (exact) mass is 499 g/mol. The molecule has 1 saturated carbocycles. The number of sulfonamides is 1. The van der Waals surface area contributed by atoms with E-state index in [2.05, 4.69) is 5.32 Å². The Kier molecular flexibility index (Phi) is 8.59. The van der Waals surface area contributed by atoms with Crippen LogP contribution < -0.4 is 9.62 Å². The summed E-state index contributed by atoms with van der Waals surface area (Å²) in [5.41, 5.74) is 4.37. The normalized spacial score (nSPS) is 15.0. The summed E-state index contributed by atoms with van der Waals surface area (Å²) in [6, 6.07) is 12.5. The van der Waals surface area contributed by atoms with Crippen molar-refractivity contribution in [3.05, 3.63) is 64.7 Å². The predicted molar refractivity (Wildman–Crippen MR) is 140 cm³/mol. The van der Waals surface area contributed by atoms with Crippen molar-refractivity contribution in [1.29, 1.82) is 0 Å². The second-order valence-corrected chi connectivity index (χ2v) is 11.6. The van der Waals surface area contributed by atoms with E-state index in [9.17, 15) is 18.0 Å². The maximum atomic E-state index is 13.6. The zero-order valence-corrected chi connectivity index (χ0v) is 22.2. The lowest BCUT2D eigenvalue weighted by molar-refractivity contribution is -0.139. The van der Waals surface area contributed by atoms with Crippen LogP contribution in [0.1, 0.15) is 54.9 Å². The first kappa shape index (κ1) is 26.7. The fraction of sp³-hybridized carbons (Fsp3) is 0.481. The van der Waals surface area contributed by atoms with Crippen LogP contribution in [-0.2, 0) is 26.2 Å². The minimum Gasteiger partial charge on any atom is -0.352 e. The molecule has 0 spiro atoms. The summed E-state index contributed by atoms with van der Waals surface area (Å²) in [5, 5.41) is 3.07. The van der Waals surface area contributed by atoms with Gasteiger partial charge in [-0.05, 0) is 69.4 Å². The van der Waals surface area contributed by atoms with Crippen LogP contribution >= 0.6 is 0 Å². The smallest absolute Gasteiger partial charge is 0.244 e. The highest BCUT2D eigenvalue weighted by atomic mass is 32.2. The summed E-state index contributed by atoms with van der Waals surface area (Å²) in [6.07, 6.45) is 5.16. The molecule has 0 radical (unpaired) electrons. The van der Waals surface area contributed by atoms with Crippen LogP contribution in [0.4, 0.5) is 5.69 Å². The number of carbonyl (C=O) groups excluding carboxylic acids is 2. The molecule has 8 heteroatoms. The van der Waals surface area contributed by atoms with E-state index in [0.717, 1.165) is 58.5 Å². The molecular weight excluding hydrogens is 462 g/mol. The van der Waals surface area contributed by atoms with Gasteiger partial charge in [-0.3, -0.25) is 13.9 Å². The summed E-state index contributed by atoms with van der Waals surface area (Å²) in [6.45, 7) is 7.37. The first-order valence-corrected chi connectivity index (χ1v) is 14.0. The quantitative estimate of drug-likeness (QED) is 0.568. The summed E-state index contributed by atoms with van der Waals surface area (Å²) in [5.74, 6) is -0.641. The van der Waals surface area contributed by atoms with E-state index in [1.165, 1.54) is 4.90 Å². The molecule has 0 bridgehead atoms. The highest BCUT2D eigenvalue weighted by Gasteiger charge is 2.31. The van der Waals surface area contributed by atoms with Crippen molar-refractivity contribution in [2.24, 2.45) is 0 Å². The molecular formula is C27H37N3O4S. The number of nitrogens with one attached hydrogen (secondary N) is 1. The van der Waals surface area contributed by atoms with Gasteiger partial charge in [0.05, 0.1) is 11.9 Å². The maximum Gasteiger partial charge on any atom is 0.244 e. The molecule has 35 heavy (non-hydrogen) atoms. The van der Waals surface area contributed by atoms with Gasteiger partial charge in [0, 0.05) is 12.6 Å². The van der Waals surface area contributed by atoms with E-state index < -0.39 is 22.0 Å². The van der Waals surface area contributed by atoms with Crippen molar-refractivity contribution in [2.75, 3.05) is 17.1 Å². The zero-order chi connectivity index (χ0) is 25.8. The second kappa shape index (κ2) is 11.2. The highest BCUT2D eigenvalue weighted by molar-refractivity contribution is 7.92. The fourth-order valence-corrected chi connectivity index (χ4v) is 5.20. The molecule has 1 aliphatic carbocycles. The van der Waals surface area contributed by atoms with Gasteiger partial charge in [-0.2, -0.15) is 0 Å². The molecule has 2 amide bonds. The van der Waals surface area contributed by atoms with Crippen molar-refractivity contribution in [3.8, 4) is 0 Å². The van der Waals surface area contributed by atoms with Crippen LogP contribution in [-0.4, -0.2) is 50.0 Å². The van der Waals surface area contributed by atoms with Crippen molar-refractivity contribution in [1.82, 2.24) is 10.2 Å². The van der Waals surface area contributed by atoms with Crippen LogP contribution in [0.3, 0.4) is 0 Å². The Morgan fingerprint density at radius 1 is 1.00 bits per heavy atom. The first-order valence-electron chi connectivity index (χ1n) is 12.2. The Morgan fingerprint density at radius 3 is 2.20 bits per heavy atom. The summed E-state index contributed by atoms with van der Waals surface area (Å²) < 4.78 is 26.5. The third-order valence-electron chi connectivity index (χ3n) is 6.80. The number of amides is 2. The molecule has 1 aliphatic rings. The Bertz CT molecular complexity index is 1160. The number of anilines is 1. The minimum absolute atomic E-state index is 0.129. The molecule has 2 aromatic rings. The largest absolute Gasteiger partial charge is 0.352 e. The second-order valence-electron chi connectivity index (χ2n) is 9.71. The van der Waals surface area contributed by atoms with Crippen molar-refractivity contribution >= 4 is 27.5 Å². The average molecular weight is 500 g/mol. The fourth-order valence-electron chi connectivity index (χ4n) is 4.36. The van der Waals surface area contributed by atoms with Crippen LogP contribution in [0.5, 0.6) is 0 Å². The molecule has 0 heterocycles. The van der Waals surface area contributed by atoms with Gasteiger partial charge in [0.15, 0.2) is 0 Å². The topological polar surface area (TPSA) is 86.8 Å². The molecule has 2 aromatic carbocycles. The van der Waals surface area contributed by atoms with Gasteiger partial charge in [0.2, 0.25) is 21.8 Å². The summed E-state index contributed by atoms with van der Waals surface area (Å²) >= 11 is 0. The molecule has 0 unspecified atom stereocenters. The van der Waals surface area contributed by atoms with E-state index in [0.29, 0.717) is 5.69 Å². The molecule has 190 valence electrons. The summed E-state index contributed by atoms with van der Waals surface area (Å²) in [7, 11) is -3.73. The van der Waals surface area contributed by atoms with Gasteiger partial charge < -0.3 is 10.2 Å². The maximum absolute atomic E-state index is 13.6. The molecule has 0 aliphatic heterocycles. The lowest BCUT2D eigenvalue weighted by atomic mass is 10.1. The minimum atomic E-state index is -3.73. The molecule has 0 saturated heterocycles. The third kappa shape index (κ3) is 7.07. The third-order valence-corrected chi connectivity index (χ3v) is 7.94. The highest BCUT2D eigenvalue weighted by Crippen LogP contribution is 2.23. The lowest BCUT2D eigenvalue weighted by Crippen LogP contribution is -2.52. The van der Waals surface area contributed by atoms with Gasteiger partial charge in [0.1, 0.15) is 12.6 Å². The van der Waals surface area contributed by atoms with Crippen LogP contribution in [0.25, 0.3) is 0 Å². The Balaban J connectivity index is 1.88. The number of rotatable bonds is 9. The van der Waals surface area contributed by atoms with E-state index >= 15 is 0 Å². The van der Waals surface area contributed by atoms with Crippen molar-refractivity contribution < 1.29 is 18.0 Å². The number of aryl methyl sites for hydroxylation is 3. The van der Waals surface area contributed by atoms with Crippen molar-refractivity contribution in [2.45, 2.75) is 72.0 Å². The van der Waals surface area contributed by atoms with E-state index in [-0.39, 0.29) is 25.0 Å². The summed E-state index contributed by atoms with van der Waals surface area (Å²) in [4.78, 5) is 28.2. The van der Waals surface area contributed by atoms with Gasteiger partial charge in [-0.25, -0.2) is 8.42 Å². The van der Waals surface area contributed by atoms with Gasteiger partial charge in [-0.1, -0.05) is 48.7 Å². The van der Waals surface area contributed by atoms with E-state index in [4.69, 9.17) is 0 Å². The average Bonchev–Trinajstić information content (AvgIpc) is 3.30.